The van der Waals surface area contributed by atoms with Crippen LogP contribution in [0.15, 0.2) is 42.5 Å². The number of carbonyl (C=O) groups excluding carboxylic acids is 1. The first kappa shape index (κ1) is 14.3. The Labute approximate surface area is 120 Å². The molecule has 2 rings (SSSR count). The Hall–Kier alpha value is -2.16. The number of hydrogen-bond donors (Lipinski definition) is 1. The molecule has 0 saturated carbocycles. The van der Waals surface area contributed by atoms with E-state index in [9.17, 15) is 4.79 Å². The van der Waals surface area contributed by atoms with Gasteiger partial charge in [0, 0.05) is 12.1 Å². The van der Waals surface area contributed by atoms with Crippen LogP contribution in [0.3, 0.4) is 0 Å². The molecule has 0 spiro atoms. The van der Waals surface area contributed by atoms with Crippen LogP contribution in [0.1, 0.15) is 30.2 Å². The number of aromatic nitrogens is 1. The minimum atomic E-state index is 0.00247. The molecule has 0 fully saturated rings. The lowest BCUT2D eigenvalue weighted by atomic mass is 10.1. The number of pyridine rings is 1. The molecule has 1 N–H and O–H groups in total. The zero-order valence-corrected chi connectivity index (χ0v) is 12.0. The molecule has 0 saturated heterocycles. The van der Waals surface area contributed by atoms with Gasteiger partial charge in [0.25, 0.3) is 0 Å². The van der Waals surface area contributed by atoms with Crippen LogP contribution in [0.2, 0.25) is 0 Å². The number of rotatable bonds is 5. The first-order valence-corrected chi connectivity index (χ1v) is 6.98. The number of aryl methyl sites for hydroxylation is 3. The highest BCUT2D eigenvalue weighted by Crippen LogP contribution is 2.09. The van der Waals surface area contributed by atoms with Crippen molar-refractivity contribution in [3.8, 4) is 0 Å². The highest BCUT2D eigenvalue weighted by molar-refractivity contribution is 5.89. The SMILES string of the molecule is CCc1ccc(CCC(=O)Nc2cccc(C)n2)cc1. The third-order valence-electron chi connectivity index (χ3n) is 3.23. The van der Waals surface area contributed by atoms with Crippen LogP contribution in [0.5, 0.6) is 0 Å². The maximum Gasteiger partial charge on any atom is 0.225 e. The summed E-state index contributed by atoms with van der Waals surface area (Å²) in [7, 11) is 0. The molecule has 104 valence electrons. The van der Waals surface area contributed by atoms with E-state index < -0.39 is 0 Å². The Morgan fingerprint density at radius 2 is 1.80 bits per heavy atom. The van der Waals surface area contributed by atoms with Crippen molar-refractivity contribution in [1.82, 2.24) is 4.98 Å². The second-order valence-electron chi connectivity index (χ2n) is 4.88. The van der Waals surface area contributed by atoms with Crippen LogP contribution in [0.25, 0.3) is 0 Å². The van der Waals surface area contributed by atoms with E-state index in [1.54, 1.807) is 6.07 Å². The third kappa shape index (κ3) is 4.19. The van der Waals surface area contributed by atoms with Crippen LogP contribution in [0, 0.1) is 6.92 Å². The molecule has 20 heavy (non-hydrogen) atoms. The molecule has 1 aromatic heterocycles. The summed E-state index contributed by atoms with van der Waals surface area (Å²) in [6.07, 6.45) is 2.27. The van der Waals surface area contributed by atoms with Gasteiger partial charge < -0.3 is 5.32 Å². The Balaban J connectivity index is 1.85. The van der Waals surface area contributed by atoms with E-state index in [1.807, 2.05) is 19.1 Å². The van der Waals surface area contributed by atoms with Gasteiger partial charge in [-0.3, -0.25) is 4.79 Å². The fourth-order valence-electron chi connectivity index (χ4n) is 2.02. The number of hydrogen-bond acceptors (Lipinski definition) is 2. The summed E-state index contributed by atoms with van der Waals surface area (Å²) in [4.78, 5) is 16.1. The molecule has 0 aliphatic carbocycles. The number of amides is 1. The van der Waals surface area contributed by atoms with Crippen molar-refractivity contribution in [2.24, 2.45) is 0 Å². The highest BCUT2D eigenvalue weighted by atomic mass is 16.1. The molecule has 3 heteroatoms. The molecule has 0 radical (unpaired) electrons. The van der Waals surface area contributed by atoms with Crippen LogP contribution in [-0.2, 0) is 17.6 Å². The number of carbonyl (C=O) groups is 1. The largest absolute Gasteiger partial charge is 0.311 e. The summed E-state index contributed by atoms with van der Waals surface area (Å²) in [5.74, 6) is 0.624. The summed E-state index contributed by atoms with van der Waals surface area (Å²) >= 11 is 0. The van der Waals surface area contributed by atoms with Gasteiger partial charge in [-0.2, -0.15) is 0 Å². The van der Waals surface area contributed by atoms with Gasteiger partial charge in [0.2, 0.25) is 5.91 Å². The van der Waals surface area contributed by atoms with E-state index in [1.165, 1.54) is 11.1 Å². The maximum atomic E-state index is 11.9. The highest BCUT2D eigenvalue weighted by Gasteiger charge is 2.04. The smallest absolute Gasteiger partial charge is 0.225 e. The lowest BCUT2D eigenvalue weighted by molar-refractivity contribution is -0.116. The van der Waals surface area contributed by atoms with Crippen LogP contribution >= 0.6 is 0 Å². The van der Waals surface area contributed by atoms with Crippen molar-refractivity contribution in [2.75, 3.05) is 5.32 Å². The third-order valence-corrected chi connectivity index (χ3v) is 3.23. The fourth-order valence-corrected chi connectivity index (χ4v) is 2.02. The van der Waals surface area contributed by atoms with Crippen molar-refractivity contribution in [1.29, 1.82) is 0 Å². The van der Waals surface area contributed by atoms with Gasteiger partial charge in [-0.1, -0.05) is 37.3 Å². The zero-order chi connectivity index (χ0) is 14.4. The molecule has 0 aliphatic heterocycles. The van der Waals surface area contributed by atoms with Gasteiger partial charge in [-0.25, -0.2) is 4.98 Å². The first-order valence-electron chi connectivity index (χ1n) is 6.98. The second kappa shape index (κ2) is 6.85. The van der Waals surface area contributed by atoms with Crippen molar-refractivity contribution >= 4 is 11.7 Å². The molecular weight excluding hydrogens is 248 g/mol. The lowest BCUT2D eigenvalue weighted by Gasteiger charge is -2.05. The summed E-state index contributed by atoms with van der Waals surface area (Å²) in [5.41, 5.74) is 3.41. The fraction of sp³-hybridized carbons (Fsp3) is 0.294. The van der Waals surface area contributed by atoms with Crippen molar-refractivity contribution in [3.05, 3.63) is 59.3 Å². The number of nitrogens with zero attached hydrogens (tertiary/aromatic N) is 1. The normalized spacial score (nSPS) is 10.3. The molecule has 2 aromatic rings. The Kier molecular flexibility index (Phi) is 4.88. The van der Waals surface area contributed by atoms with E-state index >= 15 is 0 Å². The van der Waals surface area contributed by atoms with Gasteiger partial charge in [-0.05, 0) is 43.0 Å². The number of nitrogens with one attached hydrogen (secondary N) is 1. The van der Waals surface area contributed by atoms with E-state index in [0.29, 0.717) is 12.2 Å². The summed E-state index contributed by atoms with van der Waals surface area (Å²) in [6, 6.07) is 14.0. The van der Waals surface area contributed by atoms with Gasteiger partial charge in [0.05, 0.1) is 0 Å². The summed E-state index contributed by atoms with van der Waals surface area (Å²) in [5, 5.41) is 2.83. The van der Waals surface area contributed by atoms with E-state index in [0.717, 1.165) is 18.5 Å². The Morgan fingerprint density at radius 1 is 1.10 bits per heavy atom. The van der Waals surface area contributed by atoms with E-state index in [2.05, 4.69) is 41.5 Å². The molecule has 0 atom stereocenters. The zero-order valence-electron chi connectivity index (χ0n) is 12.0. The molecule has 0 bridgehead atoms. The topological polar surface area (TPSA) is 42.0 Å². The molecule has 1 heterocycles. The molecule has 1 amide bonds. The number of benzene rings is 1. The quantitative estimate of drug-likeness (QED) is 0.901. The van der Waals surface area contributed by atoms with Crippen molar-refractivity contribution < 1.29 is 4.79 Å². The van der Waals surface area contributed by atoms with Gasteiger partial charge in [-0.15, -0.1) is 0 Å². The first-order chi connectivity index (χ1) is 9.67. The number of anilines is 1. The second-order valence-corrected chi connectivity index (χ2v) is 4.88. The summed E-state index contributed by atoms with van der Waals surface area (Å²) in [6.45, 7) is 4.04. The van der Waals surface area contributed by atoms with Crippen molar-refractivity contribution in [2.45, 2.75) is 33.1 Å². The Morgan fingerprint density at radius 3 is 2.45 bits per heavy atom. The van der Waals surface area contributed by atoms with Gasteiger partial charge in [0.15, 0.2) is 0 Å². The Bertz CT molecular complexity index is 576. The molecular formula is C17H20N2O. The molecule has 1 aromatic carbocycles. The van der Waals surface area contributed by atoms with Crippen LogP contribution in [0.4, 0.5) is 5.82 Å². The van der Waals surface area contributed by atoms with Crippen LogP contribution < -0.4 is 5.32 Å². The van der Waals surface area contributed by atoms with E-state index in [-0.39, 0.29) is 5.91 Å². The van der Waals surface area contributed by atoms with Gasteiger partial charge in [0.1, 0.15) is 5.82 Å². The predicted octanol–water partition coefficient (Wildman–Crippen LogP) is 3.52. The van der Waals surface area contributed by atoms with E-state index in [4.69, 9.17) is 0 Å². The van der Waals surface area contributed by atoms with Crippen LogP contribution in [-0.4, -0.2) is 10.9 Å². The minimum Gasteiger partial charge on any atom is -0.311 e. The van der Waals surface area contributed by atoms with Gasteiger partial charge >= 0.3 is 0 Å². The summed E-state index contributed by atoms with van der Waals surface area (Å²) < 4.78 is 0. The van der Waals surface area contributed by atoms with Crippen molar-refractivity contribution in [3.63, 3.8) is 0 Å². The average Bonchev–Trinajstić information content (AvgIpc) is 2.46. The monoisotopic (exact) mass is 268 g/mol. The molecule has 0 unspecified atom stereocenters. The lowest BCUT2D eigenvalue weighted by Crippen LogP contribution is -2.13. The standard InChI is InChI=1S/C17H20N2O/c1-3-14-7-9-15(10-8-14)11-12-17(20)19-16-6-4-5-13(2)18-16/h4-10H,3,11-12H2,1-2H3,(H,18,19,20). The average molecular weight is 268 g/mol. The minimum absolute atomic E-state index is 0.00247. The predicted molar refractivity (Wildman–Crippen MR) is 81.7 cm³/mol. The maximum absolute atomic E-state index is 11.9. The molecule has 0 aliphatic rings. The molecule has 3 nitrogen and oxygen atoms in total.